The van der Waals surface area contributed by atoms with E-state index in [1.54, 1.807) is 0 Å². The molecule has 2 aromatic rings. The van der Waals surface area contributed by atoms with E-state index in [2.05, 4.69) is 20.6 Å². The lowest BCUT2D eigenvalue weighted by molar-refractivity contribution is -0.141. The number of hydrogen-bond donors (Lipinski definition) is 2. The minimum Gasteiger partial charge on any atom is -0.367 e. The van der Waals surface area contributed by atoms with Crippen LogP contribution in [0.1, 0.15) is 52.9 Å². The fourth-order valence-electron chi connectivity index (χ4n) is 4.55. The second-order valence-electron chi connectivity index (χ2n) is 8.91. The molecule has 0 saturated heterocycles. The summed E-state index contributed by atoms with van der Waals surface area (Å²) in [5, 5.41) is 6.42. The third-order valence-electron chi connectivity index (χ3n) is 6.11. The Hall–Kier alpha value is -2.43. The Morgan fingerprint density at radius 1 is 1.26 bits per heavy atom. The van der Waals surface area contributed by atoms with E-state index in [0.717, 1.165) is 41.9 Å². The molecule has 0 bridgehead atoms. The summed E-state index contributed by atoms with van der Waals surface area (Å²) in [7, 11) is 1.92. The largest absolute Gasteiger partial charge is 0.434 e. The van der Waals surface area contributed by atoms with Gasteiger partial charge in [-0.2, -0.15) is 26.7 Å². The SMILES string of the molecule is C.C.Cc1nc(NC2CC(Cn3cnc(C(F)(F)F)c3)C2)cc2c1NC(=O)[C@H](C(C)C)N2C.S. The van der Waals surface area contributed by atoms with E-state index in [1.807, 2.05) is 38.8 Å². The average Bonchev–Trinajstić information content (AvgIpc) is 3.10. The monoisotopic (exact) mass is 502 g/mol. The van der Waals surface area contributed by atoms with Crippen molar-refractivity contribution in [3.8, 4) is 0 Å². The van der Waals surface area contributed by atoms with Crippen molar-refractivity contribution < 1.29 is 18.0 Å². The zero-order valence-electron chi connectivity index (χ0n) is 18.5. The molecule has 0 unspecified atom stereocenters. The van der Waals surface area contributed by atoms with Crippen LogP contribution in [0.4, 0.5) is 30.4 Å². The Morgan fingerprint density at radius 2 is 1.91 bits per heavy atom. The molecule has 1 saturated carbocycles. The van der Waals surface area contributed by atoms with Crippen molar-refractivity contribution >= 4 is 36.6 Å². The van der Waals surface area contributed by atoms with E-state index < -0.39 is 11.9 Å². The highest BCUT2D eigenvalue weighted by atomic mass is 32.1. The van der Waals surface area contributed by atoms with Crippen molar-refractivity contribution in [3.63, 3.8) is 0 Å². The van der Waals surface area contributed by atoms with Gasteiger partial charge in [0.1, 0.15) is 11.9 Å². The molecule has 2 N–H and O–H groups in total. The second kappa shape index (κ2) is 10.9. The van der Waals surface area contributed by atoms with Crippen LogP contribution in [0.2, 0.25) is 0 Å². The lowest BCUT2D eigenvalue weighted by atomic mass is 9.80. The first-order chi connectivity index (χ1) is 14.5. The van der Waals surface area contributed by atoms with Crippen LogP contribution in [0, 0.1) is 18.8 Å². The highest BCUT2D eigenvalue weighted by molar-refractivity contribution is 7.59. The van der Waals surface area contributed by atoms with Crippen molar-refractivity contribution in [1.29, 1.82) is 0 Å². The van der Waals surface area contributed by atoms with Crippen molar-refractivity contribution in [2.75, 3.05) is 22.6 Å². The van der Waals surface area contributed by atoms with Gasteiger partial charge in [0.25, 0.3) is 0 Å². The number of aryl methyl sites for hydroxylation is 1. The molecule has 2 aliphatic rings. The van der Waals surface area contributed by atoms with Crippen LogP contribution in [-0.2, 0) is 17.5 Å². The normalized spacial score (nSPS) is 21.4. The summed E-state index contributed by atoms with van der Waals surface area (Å²) in [5.41, 5.74) is 1.56. The number of rotatable bonds is 5. The molecule has 0 aromatic carbocycles. The molecule has 1 fully saturated rings. The number of alkyl halides is 3. The number of halogens is 3. The molecule has 1 amide bonds. The zero-order chi connectivity index (χ0) is 22.5. The van der Waals surface area contributed by atoms with Gasteiger partial charge in [-0.3, -0.25) is 4.79 Å². The molecule has 7 nitrogen and oxygen atoms in total. The summed E-state index contributed by atoms with van der Waals surface area (Å²) in [6, 6.07) is 1.92. The Bertz CT molecular complexity index is 988. The highest BCUT2D eigenvalue weighted by Crippen LogP contribution is 2.38. The van der Waals surface area contributed by atoms with Crippen molar-refractivity contribution in [3.05, 3.63) is 30.0 Å². The van der Waals surface area contributed by atoms with Crippen molar-refractivity contribution in [1.82, 2.24) is 14.5 Å². The molecular formula is C23H37F3N6OS. The summed E-state index contributed by atoms with van der Waals surface area (Å²) < 4.78 is 39.6. The molecular weight excluding hydrogens is 465 g/mol. The smallest absolute Gasteiger partial charge is 0.367 e. The molecule has 1 aliphatic carbocycles. The van der Waals surface area contributed by atoms with Gasteiger partial charge < -0.3 is 20.1 Å². The Balaban J connectivity index is 0.00000193. The van der Waals surface area contributed by atoms with Gasteiger partial charge in [0.15, 0.2) is 5.69 Å². The molecule has 2 aromatic heterocycles. The van der Waals surface area contributed by atoms with Gasteiger partial charge in [0, 0.05) is 31.9 Å². The third-order valence-corrected chi connectivity index (χ3v) is 6.11. The predicted octanol–water partition coefficient (Wildman–Crippen LogP) is 5.29. The van der Waals surface area contributed by atoms with Crippen LogP contribution < -0.4 is 15.5 Å². The highest BCUT2D eigenvalue weighted by Gasteiger charge is 2.36. The van der Waals surface area contributed by atoms with E-state index in [-0.39, 0.29) is 52.3 Å². The first-order valence-corrected chi connectivity index (χ1v) is 10.4. The van der Waals surface area contributed by atoms with Gasteiger partial charge in [-0.05, 0) is 31.6 Å². The molecule has 1 aliphatic heterocycles. The average molecular weight is 503 g/mol. The van der Waals surface area contributed by atoms with Gasteiger partial charge >= 0.3 is 6.18 Å². The molecule has 4 rings (SSSR count). The quantitative estimate of drug-likeness (QED) is 0.581. The van der Waals surface area contributed by atoms with Gasteiger partial charge in [-0.15, -0.1) is 0 Å². The fourth-order valence-corrected chi connectivity index (χ4v) is 4.55. The first kappa shape index (κ1) is 29.6. The number of nitrogens with one attached hydrogen (secondary N) is 2. The number of hydrogen-bond acceptors (Lipinski definition) is 5. The van der Waals surface area contributed by atoms with Crippen LogP contribution in [0.25, 0.3) is 0 Å². The van der Waals surface area contributed by atoms with E-state index in [9.17, 15) is 18.0 Å². The first-order valence-electron chi connectivity index (χ1n) is 10.4. The summed E-state index contributed by atoms with van der Waals surface area (Å²) in [5.74, 6) is 1.17. The number of aromatic nitrogens is 3. The van der Waals surface area contributed by atoms with Crippen molar-refractivity contribution in [2.24, 2.45) is 11.8 Å². The van der Waals surface area contributed by atoms with Gasteiger partial charge in [-0.1, -0.05) is 28.7 Å². The van der Waals surface area contributed by atoms with Gasteiger partial charge in [0.2, 0.25) is 5.91 Å². The minimum absolute atomic E-state index is 0. The maximum absolute atomic E-state index is 12.7. The molecule has 0 radical (unpaired) electrons. The van der Waals surface area contributed by atoms with E-state index in [4.69, 9.17) is 0 Å². The maximum Gasteiger partial charge on any atom is 0.434 e. The molecule has 3 heterocycles. The van der Waals surface area contributed by atoms with Crippen LogP contribution >= 0.6 is 13.5 Å². The number of carbonyl (C=O) groups is 1. The number of anilines is 3. The van der Waals surface area contributed by atoms with Gasteiger partial charge in [-0.25, -0.2) is 9.97 Å². The molecule has 192 valence electrons. The predicted molar refractivity (Wildman–Crippen MR) is 136 cm³/mol. The van der Waals surface area contributed by atoms with Gasteiger partial charge in [0.05, 0.1) is 23.4 Å². The standard InChI is InChI=1S/C21H27F3N6O.2CH4.H2S/c1-11(2)19-20(31)28-18-12(3)26-17(7-15(18)29(19)4)27-14-5-13(6-14)8-30-9-16(25-10-30)21(22,23)24;;;/h7,9-11,13-14,19H,5-6,8H2,1-4H3,(H,26,27)(H,28,31);2*1H4;1H2/t13?,14?,19-;;;/m0.../s1. The number of amides is 1. The maximum atomic E-state index is 12.7. The Morgan fingerprint density at radius 3 is 2.47 bits per heavy atom. The topological polar surface area (TPSA) is 75.1 Å². The van der Waals surface area contributed by atoms with Crippen LogP contribution in [0.3, 0.4) is 0 Å². The summed E-state index contributed by atoms with van der Waals surface area (Å²) in [6.07, 6.45) is -0.416. The number of nitrogens with zero attached hydrogens (tertiary/aromatic N) is 4. The summed E-state index contributed by atoms with van der Waals surface area (Å²) >= 11 is 0. The van der Waals surface area contributed by atoms with Crippen molar-refractivity contribution in [2.45, 2.75) is 73.3 Å². The van der Waals surface area contributed by atoms with Crippen LogP contribution in [0.15, 0.2) is 18.6 Å². The third kappa shape index (κ3) is 5.79. The minimum atomic E-state index is -4.41. The van der Waals surface area contributed by atoms with E-state index >= 15 is 0 Å². The summed E-state index contributed by atoms with van der Waals surface area (Å²) in [6.45, 7) is 6.42. The molecule has 34 heavy (non-hydrogen) atoms. The Labute approximate surface area is 207 Å². The number of carbonyl (C=O) groups excluding carboxylic acids is 1. The number of imidazole rings is 1. The molecule has 0 spiro atoms. The lowest BCUT2D eigenvalue weighted by Crippen LogP contribution is -2.49. The van der Waals surface area contributed by atoms with E-state index in [0.29, 0.717) is 12.5 Å². The summed E-state index contributed by atoms with van der Waals surface area (Å²) in [4.78, 5) is 22.5. The lowest BCUT2D eigenvalue weighted by Gasteiger charge is -2.39. The zero-order valence-corrected chi connectivity index (χ0v) is 19.5. The van der Waals surface area contributed by atoms with E-state index in [1.165, 1.54) is 10.9 Å². The number of likely N-dealkylation sites (N-methyl/N-ethyl adjacent to an activating group) is 1. The van der Waals surface area contributed by atoms with Crippen LogP contribution in [0.5, 0.6) is 0 Å². The second-order valence-corrected chi connectivity index (χ2v) is 8.91. The Kier molecular flexibility index (Phi) is 9.47. The molecule has 1 atom stereocenters. The number of fused-ring (bicyclic) bond motifs is 1. The molecule has 11 heteroatoms. The van der Waals surface area contributed by atoms with Crippen LogP contribution in [-0.4, -0.2) is 39.6 Å². The number of pyridine rings is 1. The fraction of sp³-hybridized carbons (Fsp3) is 0.609.